The van der Waals surface area contributed by atoms with Crippen LogP contribution in [0.1, 0.15) is 40.0 Å². The van der Waals surface area contributed by atoms with E-state index in [4.69, 9.17) is 21.4 Å². The monoisotopic (exact) mass is 366 g/mol. The van der Waals surface area contributed by atoms with Crippen molar-refractivity contribution in [3.63, 3.8) is 0 Å². The Morgan fingerprint density at radius 3 is 1.88 bits per heavy atom. The Hall–Kier alpha value is -1.83. The molecular weight excluding hydrogens is 344 g/mol. The van der Waals surface area contributed by atoms with E-state index in [0.29, 0.717) is 6.42 Å². The fraction of sp³-hybridized carbons (Fsp3) is 0.733. The van der Waals surface area contributed by atoms with Crippen molar-refractivity contribution in [2.45, 2.75) is 51.5 Å². The zero-order valence-electron chi connectivity index (χ0n) is 13.8. The Labute approximate surface area is 144 Å². The Bertz CT molecular complexity index is 478. The average Bonchev–Trinajstić information content (AvgIpc) is 2.44. The zero-order chi connectivity index (χ0) is 19.0. The predicted octanol–water partition coefficient (Wildman–Crippen LogP) is 1.84. The number of carbonyl (C=O) groups is 4. The van der Waals surface area contributed by atoms with Gasteiger partial charge in [-0.25, -0.2) is 0 Å². The van der Waals surface area contributed by atoms with Crippen molar-refractivity contribution in [3.8, 4) is 0 Å². The minimum atomic E-state index is -1.66. The summed E-state index contributed by atoms with van der Waals surface area (Å²) in [6, 6.07) is 0. The molecule has 0 amide bonds. The lowest BCUT2D eigenvalue weighted by Crippen LogP contribution is -2.40. The van der Waals surface area contributed by atoms with Crippen LogP contribution in [-0.2, 0) is 23.9 Å². The summed E-state index contributed by atoms with van der Waals surface area (Å²) in [4.78, 5) is 45.2. The molecule has 0 aliphatic rings. The van der Waals surface area contributed by atoms with E-state index in [-0.39, 0.29) is 18.2 Å². The van der Waals surface area contributed by atoms with E-state index < -0.39 is 47.7 Å². The zero-order valence-corrected chi connectivity index (χ0v) is 14.5. The number of aliphatic carboxylic acids is 3. The molecular formula is C15H23ClO8. The van der Waals surface area contributed by atoms with Gasteiger partial charge < -0.3 is 20.1 Å². The van der Waals surface area contributed by atoms with Gasteiger partial charge in [0.05, 0.1) is 17.8 Å². The summed E-state index contributed by atoms with van der Waals surface area (Å²) in [5.74, 6) is -9.66. The molecule has 0 aromatic carbocycles. The average molecular weight is 367 g/mol. The van der Waals surface area contributed by atoms with Crippen molar-refractivity contribution in [2.75, 3.05) is 0 Å². The Morgan fingerprint density at radius 1 is 1.00 bits per heavy atom. The molecule has 0 aromatic rings. The first-order valence-electron chi connectivity index (χ1n) is 7.50. The Kier molecular flexibility index (Phi) is 9.35. The Morgan fingerprint density at radius 2 is 1.54 bits per heavy atom. The van der Waals surface area contributed by atoms with Gasteiger partial charge in [-0.05, 0) is 12.8 Å². The molecule has 24 heavy (non-hydrogen) atoms. The first-order valence-corrected chi connectivity index (χ1v) is 7.94. The van der Waals surface area contributed by atoms with Crippen molar-refractivity contribution in [1.82, 2.24) is 0 Å². The molecule has 0 heterocycles. The number of ether oxygens (including phenoxy) is 1. The molecule has 0 aliphatic carbocycles. The van der Waals surface area contributed by atoms with Crippen LogP contribution in [0.4, 0.5) is 0 Å². The highest BCUT2D eigenvalue weighted by Gasteiger charge is 2.42. The van der Waals surface area contributed by atoms with E-state index in [1.165, 1.54) is 0 Å². The summed E-state index contributed by atoms with van der Waals surface area (Å²) in [7, 11) is 0. The number of rotatable bonds is 11. The smallest absolute Gasteiger partial charge is 0.308 e. The van der Waals surface area contributed by atoms with Crippen LogP contribution in [0, 0.1) is 17.8 Å². The maximum atomic E-state index is 11.5. The number of carbonyl (C=O) groups excluding carboxylic acids is 1. The number of esters is 1. The summed E-state index contributed by atoms with van der Waals surface area (Å²) in [6.07, 6.45) is -0.541. The molecule has 5 atom stereocenters. The van der Waals surface area contributed by atoms with Gasteiger partial charge in [0.15, 0.2) is 0 Å². The largest absolute Gasteiger partial charge is 0.481 e. The molecule has 0 rings (SSSR count). The summed E-state index contributed by atoms with van der Waals surface area (Å²) < 4.78 is 5.05. The van der Waals surface area contributed by atoms with E-state index in [1.54, 1.807) is 6.92 Å². The molecule has 8 nitrogen and oxygen atoms in total. The molecule has 0 fully saturated rings. The summed E-state index contributed by atoms with van der Waals surface area (Å²) in [5, 5.41) is 27.3. The molecule has 0 radical (unpaired) electrons. The van der Waals surface area contributed by atoms with Crippen LogP contribution in [0.5, 0.6) is 0 Å². The minimum absolute atomic E-state index is 0.148. The van der Waals surface area contributed by atoms with Crippen LogP contribution in [0.3, 0.4) is 0 Å². The molecule has 0 saturated heterocycles. The summed E-state index contributed by atoms with van der Waals surface area (Å²) in [6.45, 7) is 4.07. The third-order valence-electron chi connectivity index (χ3n) is 3.78. The number of hydrogen-bond donors (Lipinski definition) is 3. The fourth-order valence-corrected chi connectivity index (χ4v) is 2.65. The maximum Gasteiger partial charge on any atom is 0.308 e. The van der Waals surface area contributed by atoms with Crippen molar-refractivity contribution >= 4 is 35.5 Å². The first-order chi connectivity index (χ1) is 11.0. The number of carboxylic acid groups (broad SMARTS) is 3. The highest BCUT2D eigenvalue weighted by atomic mass is 35.5. The quantitative estimate of drug-likeness (QED) is 0.372. The van der Waals surface area contributed by atoms with Crippen LogP contribution in [-0.4, -0.2) is 50.7 Å². The molecule has 0 aliphatic heterocycles. The lowest BCUT2D eigenvalue weighted by molar-refractivity contribution is -0.164. The standard InChI is InChI=1S/C15H23ClO8/c1-4-9(16)5-10(24-8(3)17)6-11(14(20)21)12(15(22)23)7(2)13(18)19/h7,9-12H,4-6H2,1-3H3,(H,18,19)(H,20,21)(H,22,23). The number of halogens is 1. The van der Waals surface area contributed by atoms with Gasteiger partial charge in [0.2, 0.25) is 0 Å². The highest BCUT2D eigenvalue weighted by molar-refractivity contribution is 6.20. The van der Waals surface area contributed by atoms with Crippen molar-refractivity contribution in [2.24, 2.45) is 17.8 Å². The summed E-state index contributed by atoms with van der Waals surface area (Å²) in [5.41, 5.74) is 0. The number of hydrogen-bond acceptors (Lipinski definition) is 5. The maximum absolute atomic E-state index is 11.5. The highest BCUT2D eigenvalue weighted by Crippen LogP contribution is 2.29. The van der Waals surface area contributed by atoms with E-state index in [9.17, 15) is 29.4 Å². The van der Waals surface area contributed by atoms with Crippen LogP contribution in [0.25, 0.3) is 0 Å². The van der Waals surface area contributed by atoms with Crippen LogP contribution in [0.2, 0.25) is 0 Å². The van der Waals surface area contributed by atoms with Gasteiger partial charge >= 0.3 is 23.9 Å². The second-order valence-electron chi connectivity index (χ2n) is 5.64. The Balaban J connectivity index is 5.50. The van der Waals surface area contributed by atoms with E-state index in [1.807, 2.05) is 0 Å². The van der Waals surface area contributed by atoms with Gasteiger partial charge in [0, 0.05) is 18.7 Å². The minimum Gasteiger partial charge on any atom is -0.481 e. The van der Waals surface area contributed by atoms with Crippen LogP contribution in [0.15, 0.2) is 0 Å². The molecule has 0 aromatic heterocycles. The van der Waals surface area contributed by atoms with Gasteiger partial charge in [0.1, 0.15) is 6.10 Å². The van der Waals surface area contributed by atoms with Gasteiger partial charge in [-0.2, -0.15) is 0 Å². The molecule has 5 unspecified atom stereocenters. The molecule has 138 valence electrons. The van der Waals surface area contributed by atoms with Crippen molar-refractivity contribution < 1.29 is 39.2 Å². The molecule has 0 bridgehead atoms. The number of carboxylic acids is 3. The second-order valence-corrected chi connectivity index (χ2v) is 6.26. The molecule has 9 heteroatoms. The SMILES string of the molecule is CCC(Cl)CC(CC(C(=O)O)C(C(=O)O)C(C)C(=O)O)OC(C)=O. The normalized spacial score (nSPS) is 17.2. The van der Waals surface area contributed by atoms with Crippen molar-refractivity contribution in [3.05, 3.63) is 0 Å². The molecule has 0 saturated carbocycles. The van der Waals surface area contributed by atoms with Crippen molar-refractivity contribution in [1.29, 1.82) is 0 Å². The van der Waals surface area contributed by atoms with Gasteiger partial charge in [-0.15, -0.1) is 11.6 Å². The van der Waals surface area contributed by atoms with Gasteiger partial charge in [0.25, 0.3) is 0 Å². The molecule has 3 N–H and O–H groups in total. The van der Waals surface area contributed by atoms with E-state index in [2.05, 4.69) is 0 Å². The van der Waals surface area contributed by atoms with Crippen LogP contribution < -0.4 is 0 Å². The lowest BCUT2D eigenvalue weighted by Gasteiger charge is -2.27. The van der Waals surface area contributed by atoms with Gasteiger partial charge in [-0.1, -0.05) is 13.8 Å². The van der Waals surface area contributed by atoms with E-state index in [0.717, 1.165) is 13.8 Å². The van der Waals surface area contributed by atoms with Crippen LogP contribution >= 0.6 is 11.6 Å². The first kappa shape index (κ1) is 22.2. The third kappa shape index (κ3) is 7.16. The summed E-state index contributed by atoms with van der Waals surface area (Å²) >= 11 is 6.01. The third-order valence-corrected chi connectivity index (χ3v) is 4.26. The lowest BCUT2D eigenvalue weighted by atomic mass is 9.79. The van der Waals surface area contributed by atoms with E-state index >= 15 is 0 Å². The molecule has 0 spiro atoms. The van der Waals surface area contributed by atoms with Gasteiger partial charge in [-0.3, -0.25) is 19.2 Å². The second kappa shape index (κ2) is 10.1. The number of alkyl halides is 1. The topological polar surface area (TPSA) is 138 Å². The predicted molar refractivity (Wildman–Crippen MR) is 83.8 cm³/mol. The fourth-order valence-electron chi connectivity index (χ4n) is 2.45.